The van der Waals surface area contributed by atoms with E-state index in [1.807, 2.05) is 30.3 Å². The van der Waals surface area contributed by atoms with E-state index < -0.39 is 18.0 Å². The van der Waals surface area contributed by atoms with Gasteiger partial charge in [-0.3, -0.25) is 0 Å². The summed E-state index contributed by atoms with van der Waals surface area (Å²) in [5, 5.41) is 10.4. The molecule has 1 unspecified atom stereocenters. The molecule has 0 aliphatic rings. The summed E-state index contributed by atoms with van der Waals surface area (Å²) in [6, 6.07) is 17.1. The molecule has 1 N–H and O–H groups in total. The van der Waals surface area contributed by atoms with Crippen LogP contribution in [-0.4, -0.2) is 17.2 Å². The number of methoxy groups -OCH3 is 1. The van der Waals surface area contributed by atoms with Crippen LogP contribution in [-0.2, 0) is 13.0 Å². The first kappa shape index (κ1) is 18.8. The molecule has 2 aromatic carbocycles. The molecule has 0 bridgehead atoms. The molecule has 3 rings (SSSR count). The quantitative estimate of drug-likeness (QED) is 0.632. The summed E-state index contributed by atoms with van der Waals surface area (Å²) < 4.78 is 37.9. The summed E-state index contributed by atoms with van der Waals surface area (Å²) in [6.07, 6.45) is -1.13. The van der Waals surface area contributed by atoms with Gasteiger partial charge in [-0.1, -0.05) is 30.3 Å². The number of benzene rings is 2. The summed E-state index contributed by atoms with van der Waals surface area (Å²) in [4.78, 5) is 3.11. The van der Waals surface area contributed by atoms with Crippen molar-refractivity contribution < 1.29 is 23.4 Å². The van der Waals surface area contributed by atoms with Crippen LogP contribution >= 0.6 is 0 Å². The van der Waals surface area contributed by atoms with Crippen LogP contribution in [0.3, 0.4) is 0 Å². The van der Waals surface area contributed by atoms with Gasteiger partial charge in [-0.2, -0.15) is 13.8 Å². The Hall–Kier alpha value is -2.99. The monoisotopic (exact) mass is 371 g/mol. The SMILES string of the molecule is COc1ccc(OCc2ccccc2)cc1CC(O)c1ccc(F)nc1F. The standard InChI is InChI=1S/C21H19F2NO3/c1-26-19-9-7-16(27-13-14-5-3-2-4-6-14)11-15(19)12-18(25)17-8-10-20(22)24-21(17)23/h2-11,18,25H,12-13H2,1H3. The summed E-state index contributed by atoms with van der Waals surface area (Å²) in [5.74, 6) is -0.827. The van der Waals surface area contributed by atoms with Gasteiger partial charge < -0.3 is 14.6 Å². The fourth-order valence-electron chi connectivity index (χ4n) is 2.73. The number of pyridine rings is 1. The van der Waals surface area contributed by atoms with Crippen molar-refractivity contribution in [3.63, 3.8) is 0 Å². The van der Waals surface area contributed by atoms with Crippen molar-refractivity contribution in [2.45, 2.75) is 19.1 Å². The van der Waals surface area contributed by atoms with Crippen LogP contribution in [0, 0.1) is 11.9 Å². The fourth-order valence-corrected chi connectivity index (χ4v) is 2.73. The van der Waals surface area contributed by atoms with Gasteiger partial charge in [0.2, 0.25) is 11.9 Å². The summed E-state index contributed by atoms with van der Waals surface area (Å²) in [5.41, 5.74) is 1.59. The molecule has 0 amide bonds. The number of hydrogen-bond acceptors (Lipinski definition) is 4. The molecule has 0 radical (unpaired) electrons. The van der Waals surface area contributed by atoms with Gasteiger partial charge in [0.05, 0.1) is 13.2 Å². The molecule has 3 aromatic rings. The van der Waals surface area contributed by atoms with Gasteiger partial charge in [-0.05, 0) is 35.9 Å². The van der Waals surface area contributed by atoms with E-state index in [9.17, 15) is 13.9 Å². The van der Waals surface area contributed by atoms with Crippen LogP contribution in [0.25, 0.3) is 0 Å². The lowest BCUT2D eigenvalue weighted by molar-refractivity contribution is 0.170. The second-order valence-corrected chi connectivity index (χ2v) is 5.98. The molecule has 27 heavy (non-hydrogen) atoms. The highest BCUT2D eigenvalue weighted by molar-refractivity contribution is 5.41. The molecule has 6 heteroatoms. The van der Waals surface area contributed by atoms with E-state index in [2.05, 4.69) is 4.98 Å². The van der Waals surface area contributed by atoms with Gasteiger partial charge in [0.15, 0.2) is 0 Å². The number of aliphatic hydroxyl groups is 1. The molecule has 140 valence electrons. The van der Waals surface area contributed by atoms with Crippen LogP contribution in [0.5, 0.6) is 11.5 Å². The number of halogens is 2. The molecule has 0 aliphatic carbocycles. The second kappa shape index (κ2) is 8.60. The van der Waals surface area contributed by atoms with Crippen molar-refractivity contribution in [1.29, 1.82) is 0 Å². The first-order chi connectivity index (χ1) is 13.1. The van der Waals surface area contributed by atoms with Gasteiger partial charge in [0.1, 0.15) is 18.1 Å². The molecule has 1 atom stereocenters. The third-order valence-corrected chi connectivity index (χ3v) is 4.12. The second-order valence-electron chi connectivity index (χ2n) is 5.98. The topological polar surface area (TPSA) is 51.6 Å². The highest BCUT2D eigenvalue weighted by Crippen LogP contribution is 2.29. The number of aromatic nitrogens is 1. The molecule has 0 saturated heterocycles. The number of aliphatic hydroxyl groups excluding tert-OH is 1. The number of nitrogens with zero attached hydrogens (tertiary/aromatic N) is 1. The van der Waals surface area contributed by atoms with E-state index in [4.69, 9.17) is 9.47 Å². The van der Waals surface area contributed by atoms with Crippen LogP contribution < -0.4 is 9.47 Å². The zero-order chi connectivity index (χ0) is 19.2. The van der Waals surface area contributed by atoms with Crippen LogP contribution in [0.4, 0.5) is 8.78 Å². The maximum Gasteiger partial charge on any atom is 0.221 e. The minimum Gasteiger partial charge on any atom is -0.496 e. The van der Waals surface area contributed by atoms with Gasteiger partial charge in [0.25, 0.3) is 0 Å². The molecular weight excluding hydrogens is 352 g/mol. The van der Waals surface area contributed by atoms with Crippen molar-refractivity contribution in [3.8, 4) is 11.5 Å². The predicted octanol–water partition coefficient (Wildman–Crippen LogP) is 4.22. The Morgan fingerprint density at radius 2 is 1.81 bits per heavy atom. The Labute approximate surface area is 156 Å². The van der Waals surface area contributed by atoms with Crippen molar-refractivity contribution in [3.05, 3.63) is 89.2 Å². The van der Waals surface area contributed by atoms with Gasteiger partial charge >= 0.3 is 0 Å². The van der Waals surface area contributed by atoms with Crippen LogP contribution in [0.1, 0.15) is 22.8 Å². The Morgan fingerprint density at radius 1 is 1.04 bits per heavy atom. The Morgan fingerprint density at radius 3 is 2.52 bits per heavy atom. The molecular formula is C21H19F2NO3. The average molecular weight is 371 g/mol. The maximum atomic E-state index is 13.8. The van der Waals surface area contributed by atoms with Crippen LogP contribution in [0.15, 0.2) is 60.7 Å². The summed E-state index contributed by atoms with van der Waals surface area (Å²) in [6.45, 7) is 0.395. The largest absolute Gasteiger partial charge is 0.496 e. The molecule has 0 aliphatic heterocycles. The minimum atomic E-state index is -1.20. The van der Waals surface area contributed by atoms with Gasteiger partial charge in [-0.15, -0.1) is 0 Å². The van der Waals surface area contributed by atoms with Crippen LogP contribution in [0.2, 0.25) is 0 Å². The third kappa shape index (κ3) is 4.80. The number of ether oxygens (including phenoxy) is 2. The van der Waals surface area contributed by atoms with Crippen molar-refractivity contribution in [1.82, 2.24) is 4.98 Å². The average Bonchev–Trinajstić information content (AvgIpc) is 2.67. The van der Waals surface area contributed by atoms with E-state index in [0.717, 1.165) is 11.6 Å². The number of rotatable bonds is 7. The summed E-state index contributed by atoms with van der Waals surface area (Å²) in [7, 11) is 1.51. The lowest BCUT2D eigenvalue weighted by atomic mass is 10.0. The Kier molecular flexibility index (Phi) is 5.98. The first-order valence-corrected chi connectivity index (χ1v) is 8.40. The molecule has 0 fully saturated rings. The molecule has 1 aromatic heterocycles. The predicted molar refractivity (Wildman–Crippen MR) is 96.6 cm³/mol. The molecule has 0 spiro atoms. The van der Waals surface area contributed by atoms with E-state index >= 15 is 0 Å². The highest BCUT2D eigenvalue weighted by atomic mass is 19.1. The zero-order valence-corrected chi connectivity index (χ0v) is 14.7. The fraction of sp³-hybridized carbons (Fsp3) is 0.190. The van der Waals surface area contributed by atoms with E-state index in [-0.39, 0.29) is 12.0 Å². The summed E-state index contributed by atoms with van der Waals surface area (Å²) >= 11 is 0. The molecule has 1 heterocycles. The minimum absolute atomic E-state index is 0.0654. The lowest BCUT2D eigenvalue weighted by Crippen LogP contribution is -2.08. The van der Waals surface area contributed by atoms with Crippen molar-refractivity contribution >= 4 is 0 Å². The Balaban J connectivity index is 1.76. The number of hydrogen-bond donors (Lipinski definition) is 1. The third-order valence-electron chi connectivity index (χ3n) is 4.12. The molecule has 4 nitrogen and oxygen atoms in total. The smallest absolute Gasteiger partial charge is 0.221 e. The molecule has 0 saturated carbocycles. The van der Waals surface area contributed by atoms with Gasteiger partial charge in [-0.25, -0.2) is 0 Å². The van der Waals surface area contributed by atoms with E-state index in [1.165, 1.54) is 13.2 Å². The van der Waals surface area contributed by atoms with Crippen molar-refractivity contribution in [2.75, 3.05) is 7.11 Å². The van der Waals surface area contributed by atoms with Gasteiger partial charge in [0, 0.05) is 17.5 Å². The van der Waals surface area contributed by atoms with Crippen molar-refractivity contribution in [2.24, 2.45) is 0 Å². The Bertz CT molecular complexity index is 903. The van der Waals surface area contributed by atoms with E-state index in [1.54, 1.807) is 18.2 Å². The van der Waals surface area contributed by atoms with E-state index in [0.29, 0.717) is 23.7 Å². The maximum absolute atomic E-state index is 13.8. The normalized spacial score (nSPS) is 11.9. The lowest BCUT2D eigenvalue weighted by Gasteiger charge is -2.16. The highest BCUT2D eigenvalue weighted by Gasteiger charge is 2.18. The first-order valence-electron chi connectivity index (χ1n) is 8.40. The zero-order valence-electron chi connectivity index (χ0n) is 14.7.